The molecule has 1 aromatic heterocycles. The molecule has 2 fully saturated rings. The number of hydrogen-bond donors (Lipinski definition) is 0. The van der Waals surface area contributed by atoms with Gasteiger partial charge in [0.1, 0.15) is 0 Å². The van der Waals surface area contributed by atoms with Crippen LogP contribution in [0.5, 0.6) is 0 Å². The summed E-state index contributed by atoms with van der Waals surface area (Å²) in [5.41, 5.74) is 1.23. The van der Waals surface area contributed by atoms with E-state index in [1.165, 1.54) is 36.4 Å². The van der Waals surface area contributed by atoms with Gasteiger partial charge in [-0.05, 0) is 25.3 Å². The van der Waals surface area contributed by atoms with Gasteiger partial charge in [0.05, 0.1) is 31.3 Å². The fourth-order valence-electron chi connectivity index (χ4n) is 4.06. The third kappa shape index (κ3) is 2.65. The van der Waals surface area contributed by atoms with Crippen LogP contribution in [0.3, 0.4) is 0 Å². The standard InChI is InChI=1S/C16H24N4O2/c21-16(19-8-3-9-22-19)10-15-12-18(13-4-1-2-5-13)11-14-6-7-17-20(14)15/h6-7,13,15H,1-5,8-12H2. The quantitative estimate of drug-likeness (QED) is 0.853. The van der Waals surface area contributed by atoms with Crippen molar-refractivity contribution in [2.75, 3.05) is 19.7 Å². The lowest BCUT2D eigenvalue weighted by molar-refractivity contribution is -0.170. The van der Waals surface area contributed by atoms with E-state index in [4.69, 9.17) is 4.84 Å². The van der Waals surface area contributed by atoms with Gasteiger partial charge >= 0.3 is 0 Å². The van der Waals surface area contributed by atoms with E-state index in [1.807, 2.05) is 6.20 Å². The van der Waals surface area contributed by atoms with Crippen molar-refractivity contribution in [3.05, 3.63) is 18.0 Å². The van der Waals surface area contributed by atoms with Gasteiger partial charge < -0.3 is 0 Å². The summed E-state index contributed by atoms with van der Waals surface area (Å²) < 4.78 is 2.05. The maximum absolute atomic E-state index is 12.4. The van der Waals surface area contributed by atoms with E-state index in [0.717, 1.165) is 26.1 Å². The van der Waals surface area contributed by atoms with E-state index < -0.39 is 0 Å². The molecule has 1 saturated carbocycles. The minimum Gasteiger partial charge on any atom is -0.292 e. The number of nitrogens with zero attached hydrogens (tertiary/aromatic N) is 4. The number of hydroxylamine groups is 2. The average Bonchev–Trinajstić information content (AvgIpc) is 3.27. The molecule has 6 nitrogen and oxygen atoms in total. The Morgan fingerprint density at radius 2 is 2.18 bits per heavy atom. The third-order valence-corrected chi connectivity index (χ3v) is 5.19. The summed E-state index contributed by atoms with van der Waals surface area (Å²) >= 11 is 0. The number of hydrogen-bond acceptors (Lipinski definition) is 4. The minimum atomic E-state index is 0.0946. The Bertz CT molecular complexity index is 532. The molecule has 1 unspecified atom stereocenters. The molecule has 3 heterocycles. The van der Waals surface area contributed by atoms with Crippen LogP contribution in [0.4, 0.5) is 0 Å². The van der Waals surface area contributed by atoms with E-state index >= 15 is 0 Å². The van der Waals surface area contributed by atoms with Crippen molar-refractivity contribution in [3.8, 4) is 0 Å². The van der Waals surface area contributed by atoms with Crippen LogP contribution in [0.1, 0.15) is 50.3 Å². The zero-order valence-electron chi connectivity index (χ0n) is 13.0. The second kappa shape index (κ2) is 6.01. The smallest absolute Gasteiger partial charge is 0.248 e. The predicted molar refractivity (Wildman–Crippen MR) is 80.8 cm³/mol. The Morgan fingerprint density at radius 1 is 1.32 bits per heavy atom. The molecule has 2 aliphatic heterocycles. The zero-order valence-corrected chi connectivity index (χ0v) is 13.0. The molecule has 6 heteroatoms. The molecule has 1 aliphatic carbocycles. The highest BCUT2D eigenvalue weighted by Gasteiger charge is 2.33. The lowest BCUT2D eigenvalue weighted by Gasteiger charge is -2.37. The molecule has 4 rings (SSSR count). The number of carbonyl (C=O) groups excluding carboxylic acids is 1. The number of fused-ring (bicyclic) bond motifs is 1. The second-order valence-electron chi connectivity index (χ2n) is 6.68. The highest BCUT2D eigenvalue weighted by Crippen LogP contribution is 2.31. The summed E-state index contributed by atoms with van der Waals surface area (Å²) in [6.45, 7) is 3.29. The van der Waals surface area contributed by atoms with Gasteiger partial charge in [-0.25, -0.2) is 5.06 Å². The van der Waals surface area contributed by atoms with Gasteiger partial charge in [-0.3, -0.25) is 19.2 Å². The Labute approximate surface area is 131 Å². The SMILES string of the molecule is O=C(CC1CN(C2CCCC2)Cc2ccnn21)N1CCCO1. The summed E-state index contributed by atoms with van der Waals surface area (Å²) in [6.07, 6.45) is 8.55. The molecule has 0 N–H and O–H groups in total. The van der Waals surface area contributed by atoms with Crippen molar-refractivity contribution in [1.29, 1.82) is 0 Å². The molecular weight excluding hydrogens is 280 g/mol. The first-order valence-corrected chi connectivity index (χ1v) is 8.51. The van der Waals surface area contributed by atoms with Crippen molar-refractivity contribution in [3.63, 3.8) is 0 Å². The first-order chi connectivity index (χ1) is 10.8. The van der Waals surface area contributed by atoms with Gasteiger partial charge in [-0.15, -0.1) is 0 Å². The summed E-state index contributed by atoms with van der Waals surface area (Å²) in [5.74, 6) is 0.0946. The van der Waals surface area contributed by atoms with Crippen LogP contribution in [0, 0.1) is 0 Å². The fraction of sp³-hybridized carbons (Fsp3) is 0.750. The molecule has 1 saturated heterocycles. The molecule has 22 heavy (non-hydrogen) atoms. The highest BCUT2D eigenvalue weighted by atomic mass is 16.7. The van der Waals surface area contributed by atoms with Crippen molar-refractivity contribution in [2.24, 2.45) is 0 Å². The lowest BCUT2D eigenvalue weighted by atomic mass is 10.1. The van der Waals surface area contributed by atoms with Crippen LogP contribution in [-0.4, -0.2) is 51.4 Å². The molecule has 0 spiro atoms. The summed E-state index contributed by atoms with van der Waals surface area (Å²) in [6, 6.07) is 2.91. The van der Waals surface area contributed by atoms with Crippen LogP contribution in [0.15, 0.2) is 12.3 Å². The number of rotatable bonds is 3. The van der Waals surface area contributed by atoms with Gasteiger partial charge in [0.15, 0.2) is 0 Å². The van der Waals surface area contributed by atoms with Gasteiger partial charge in [-0.1, -0.05) is 12.8 Å². The second-order valence-corrected chi connectivity index (χ2v) is 6.68. The molecule has 0 aromatic carbocycles. The van der Waals surface area contributed by atoms with Crippen molar-refractivity contribution < 1.29 is 9.63 Å². The number of carbonyl (C=O) groups is 1. The van der Waals surface area contributed by atoms with Crippen LogP contribution in [-0.2, 0) is 16.2 Å². The third-order valence-electron chi connectivity index (χ3n) is 5.19. The molecule has 1 amide bonds. The van der Waals surface area contributed by atoms with Crippen molar-refractivity contribution >= 4 is 5.91 Å². The molecule has 1 atom stereocenters. The van der Waals surface area contributed by atoms with E-state index in [1.54, 1.807) is 0 Å². The molecule has 0 bridgehead atoms. The largest absolute Gasteiger partial charge is 0.292 e. The predicted octanol–water partition coefficient (Wildman–Crippen LogP) is 1.74. The fourth-order valence-corrected chi connectivity index (χ4v) is 4.06. The topological polar surface area (TPSA) is 50.6 Å². The Kier molecular flexibility index (Phi) is 3.88. The van der Waals surface area contributed by atoms with Crippen LogP contribution >= 0.6 is 0 Å². The lowest BCUT2D eigenvalue weighted by Crippen LogP contribution is -2.44. The Balaban J connectivity index is 1.49. The van der Waals surface area contributed by atoms with Crippen molar-refractivity contribution in [2.45, 2.75) is 57.2 Å². The van der Waals surface area contributed by atoms with Gasteiger partial charge in [-0.2, -0.15) is 5.10 Å². The summed E-state index contributed by atoms with van der Waals surface area (Å²) in [5, 5.41) is 6.00. The number of aromatic nitrogens is 2. The first-order valence-electron chi connectivity index (χ1n) is 8.51. The maximum Gasteiger partial charge on any atom is 0.248 e. The zero-order chi connectivity index (χ0) is 14.9. The maximum atomic E-state index is 12.4. The molecular formula is C16H24N4O2. The Morgan fingerprint density at radius 3 is 2.95 bits per heavy atom. The molecule has 1 aromatic rings. The van der Waals surface area contributed by atoms with Crippen LogP contribution in [0.25, 0.3) is 0 Å². The molecule has 0 radical (unpaired) electrons. The van der Waals surface area contributed by atoms with Crippen molar-refractivity contribution in [1.82, 2.24) is 19.7 Å². The highest BCUT2D eigenvalue weighted by molar-refractivity contribution is 5.75. The monoisotopic (exact) mass is 304 g/mol. The van der Waals surface area contributed by atoms with Gasteiger partial charge in [0.2, 0.25) is 5.91 Å². The van der Waals surface area contributed by atoms with E-state index in [9.17, 15) is 4.79 Å². The van der Waals surface area contributed by atoms with E-state index in [0.29, 0.717) is 19.1 Å². The average molecular weight is 304 g/mol. The Hall–Kier alpha value is -1.40. The van der Waals surface area contributed by atoms with Crippen LogP contribution < -0.4 is 0 Å². The molecule has 3 aliphatic rings. The van der Waals surface area contributed by atoms with Gasteiger partial charge in [0.25, 0.3) is 0 Å². The van der Waals surface area contributed by atoms with Crippen LogP contribution in [0.2, 0.25) is 0 Å². The minimum absolute atomic E-state index is 0.0946. The van der Waals surface area contributed by atoms with E-state index in [-0.39, 0.29) is 11.9 Å². The van der Waals surface area contributed by atoms with Gasteiger partial charge in [0, 0.05) is 25.3 Å². The van der Waals surface area contributed by atoms with E-state index in [2.05, 4.69) is 20.7 Å². The first kappa shape index (κ1) is 14.2. The molecule has 120 valence electrons. The number of amides is 1. The summed E-state index contributed by atoms with van der Waals surface area (Å²) in [7, 11) is 0. The summed E-state index contributed by atoms with van der Waals surface area (Å²) in [4.78, 5) is 20.4. The normalized spacial score (nSPS) is 26.5.